The van der Waals surface area contributed by atoms with Gasteiger partial charge in [0.2, 0.25) is 5.65 Å². The first-order valence-electron chi connectivity index (χ1n) is 5.35. The van der Waals surface area contributed by atoms with E-state index in [1.165, 1.54) is 0 Å². The second-order valence-electron chi connectivity index (χ2n) is 4.18. The average molecular weight is 219 g/mol. The molecule has 0 aliphatic heterocycles. The molecule has 1 fully saturated rings. The summed E-state index contributed by atoms with van der Waals surface area (Å²) >= 11 is 0. The fraction of sp³-hybridized carbons (Fsp3) is 0.500. The number of anilines is 1. The summed E-state index contributed by atoms with van der Waals surface area (Å²) in [6.07, 6.45) is 4.94. The maximum absolute atomic E-state index is 9.22. The first-order valence-corrected chi connectivity index (χ1v) is 5.35. The topological polar surface area (TPSA) is 75.3 Å². The largest absolute Gasteiger partial charge is 0.393 e. The van der Waals surface area contributed by atoms with E-state index < -0.39 is 0 Å². The molecule has 0 atom stereocenters. The minimum absolute atomic E-state index is 0.170. The Kier molecular flexibility index (Phi) is 2.03. The molecule has 84 valence electrons. The Hall–Kier alpha value is -1.69. The quantitative estimate of drug-likeness (QED) is 0.763. The Labute approximate surface area is 92.3 Å². The van der Waals surface area contributed by atoms with E-state index in [-0.39, 0.29) is 6.10 Å². The van der Waals surface area contributed by atoms with Crippen molar-refractivity contribution in [1.82, 2.24) is 19.6 Å². The Morgan fingerprint density at radius 3 is 3.00 bits per heavy atom. The summed E-state index contributed by atoms with van der Waals surface area (Å²) in [5.41, 5.74) is 0.737. The molecule has 0 saturated heterocycles. The normalized spacial score (nSPS) is 24.4. The summed E-state index contributed by atoms with van der Waals surface area (Å²) in [5, 5.41) is 20.6. The Morgan fingerprint density at radius 1 is 1.44 bits per heavy atom. The molecule has 0 aromatic carbocycles. The van der Waals surface area contributed by atoms with Gasteiger partial charge >= 0.3 is 0 Å². The molecule has 6 nitrogen and oxygen atoms in total. The molecular weight excluding hydrogens is 206 g/mol. The summed E-state index contributed by atoms with van der Waals surface area (Å²) in [6.45, 7) is 1.90. The third-order valence-corrected chi connectivity index (χ3v) is 2.95. The molecule has 2 N–H and O–H groups in total. The zero-order valence-electron chi connectivity index (χ0n) is 8.96. The lowest BCUT2D eigenvalue weighted by Crippen LogP contribution is -2.39. The third kappa shape index (κ3) is 1.42. The maximum Gasteiger partial charge on any atom is 0.203 e. The molecule has 1 saturated carbocycles. The van der Waals surface area contributed by atoms with Crippen molar-refractivity contribution in [1.29, 1.82) is 0 Å². The number of hydrogen-bond acceptors (Lipinski definition) is 5. The number of aryl methyl sites for hydroxylation is 1. The van der Waals surface area contributed by atoms with Gasteiger partial charge in [0.05, 0.1) is 6.10 Å². The van der Waals surface area contributed by atoms with E-state index in [0.29, 0.717) is 6.04 Å². The van der Waals surface area contributed by atoms with E-state index in [0.717, 1.165) is 30.1 Å². The van der Waals surface area contributed by atoms with Gasteiger partial charge in [-0.3, -0.25) is 4.40 Å². The van der Waals surface area contributed by atoms with Crippen molar-refractivity contribution in [3.05, 3.63) is 18.2 Å². The van der Waals surface area contributed by atoms with Gasteiger partial charge in [-0.15, -0.1) is 10.2 Å². The van der Waals surface area contributed by atoms with Crippen molar-refractivity contribution in [2.45, 2.75) is 31.9 Å². The smallest absolute Gasteiger partial charge is 0.203 e. The van der Waals surface area contributed by atoms with Crippen molar-refractivity contribution in [3.63, 3.8) is 0 Å². The first-order chi connectivity index (χ1) is 7.74. The van der Waals surface area contributed by atoms with Crippen molar-refractivity contribution >= 4 is 11.5 Å². The molecule has 0 unspecified atom stereocenters. The summed E-state index contributed by atoms with van der Waals surface area (Å²) in [4.78, 5) is 4.25. The number of aliphatic hydroxyl groups is 1. The van der Waals surface area contributed by atoms with E-state index in [4.69, 9.17) is 0 Å². The van der Waals surface area contributed by atoms with E-state index in [2.05, 4.69) is 20.5 Å². The van der Waals surface area contributed by atoms with Gasteiger partial charge in [0.15, 0.2) is 5.82 Å². The Bertz CT molecular complexity index is 517. The Morgan fingerprint density at radius 2 is 2.25 bits per heavy atom. The number of rotatable bonds is 2. The van der Waals surface area contributed by atoms with Crippen molar-refractivity contribution < 1.29 is 5.11 Å². The van der Waals surface area contributed by atoms with Crippen LogP contribution in [-0.2, 0) is 0 Å². The molecular formula is C10H13N5O. The van der Waals surface area contributed by atoms with Gasteiger partial charge in [-0.05, 0) is 19.8 Å². The number of nitrogens with one attached hydrogen (secondary N) is 1. The zero-order chi connectivity index (χ0) is 11.1. The van der Waals surface area contributed by atoms with Crippen LogP contribution < -0.4 is 5.32 Å². The SMILES string of the molecule is Cc1nnc2c(NC3CC(O)C3)nccn12. The van der Waals surface area contributed by atoms with Crippen LogP contribution in [0.15, 0.2) is 12.4 Å². The van der Waals surface area contributed by atoms with Crippen molar-refractivity contribution in [3.8, 4) is 0 Å². The number of hydrogen-bond donors (Lipinski definition) is 2. The van der Waals surface area contributed by atoms with Crippen LogP contribution in [0.2, 0.25) is 0 Å². The molecule has 16 heavy (non-hydrogen) atoms. The lowest BCUT2D eigenvalue weighted by atomic mass is 9.89. The standard InChI is InChI=1S/C10H13N5O/c1-6-13-14-10-9(11-2-3-15(6)10)12-7-4-8(16)5-7/h2-3,7-8,16H,4-5H2,1H3,(H,11,12). The molecule has 0 radical (unpaired) electrons. The lowest BCUT2D eigenvalue weighted by Gasteiger charge is -2.32. The van der Waals surface area contributed by atoms with Crippen LogP contribution in [0.3, 0.4) is 0 Å². The fourth-order valence-electron chi connectivity index (χ4n) is 1.94. The molecule has 6 heteroatoms. The maximum atomic E-state index is 9.22. The summed E-state index contributed by atoms with van der Waals surface area (Å²) in [7, 11) is 0. The van der Waals surface area contributed by atoms with Crippen LogP contribution in [0.5, 0.6) is 0 Å². The molecule has 1 aliphatic carbocycles. The van der Waals surface area contributed by atoms with Crippen molar-refractivity contribution in [2.24, 2.45) is 0 Å². The number of aliphatic hydroxyl groups excluding tert-OH is 1. The van der Waals surface area contributed by atoms with Crippen LogP contribution in [-0.4, -0.2) is 36.8 Å². The highest BCUT2D eigenvalue weighted by Crippen LogP contribution is 2.24. The predicted molar refractivity (Wildman–Crippen MR) is 58.2 cm³/mol. The molecule has 0 bridgehead atoms. The highest BCUT2D eigenvalue weighted by atomic mass is 16.3. The second-order valence-corrected chi connectivity index (χ2v) is 4.18. The summed E-state index contributed by atoms with van der Waals surface area (Å²) in [6, 6.07) is 0.297. The molecule has 0 spiro atoms. The van der Waals surface area contributed by atoms with E-state index in [1.54, 1.807) is 6.20 Å². The lowest BCUT2D eigenvalue weighted by molar-refractivity contribution is 0.0835. The molecule has 2 aromatic heterocycles. The van der Waals surface area contributed by atoms with Gasteiger partial charge < -0.3 is 10.4 Å². The highest BCUT2D eigenvalue weighted by molar-refractivity contribution is 5.62. The third-order valence-electron chi connectivity index (χ3n) is 2.95. The molecule has 1 aliphatic rings. The predicted octanol–water partition coefficient (Wildman–Crippen LogP) is 0.368. The average Bonchev–Trinajstić information content (AvgIpc) is 2.60. The van der Waals surface area contributed by atoms with Crippen molar-refractivity contribution in [2.75, 3.05) is 5.32 Å². The zero-order valence-corrected chi connectivity index (χ0v) is 8.96. The van der Waals surface area contributed by atoms with Crippen LogP contribution in [0, 0.1) is 6.92 Å². The molecule has 3 rings (SSSR count). The van der Waals surface area contributed by atoms with Crippen LogP contribution in [0.1, 0.15) is 18.7 Å². The molecule has 0 amide bonds. The van der Waals surface area contributed by atoms with Gasteiger partial charge in [-0.1, -0.05) is 0 Å². The minimum Gasteiger partial charge on any atom is -0.393 e. The van der Waals surface area contributed by atoms with Gasteiger partial charge in [-0.25, -0.2) is 4.98 Å². The van der Waals surface area contributed by atoms with Gasteiger partial charge in [0.1, 0.15) is 5.82 Å². The monoisotopic (exact) mass is 219 g/mol. The summed E-state index contributed by atoms with van der Waals surface area (Å²) < 4.78 is 1.89. The van der Waals surface area contributed by atoms with Gasteiger partial charge in [0, 0.05) is 18.4 Å². The summed E-state index contributed by atoms with van der Waals surface area (Å²) in [5.74, 6) is 1.58. The van der Waals surface area contributed by atoms with Crippen LogP contribution in [0.4, 0.5) is 5.82 Å². The highest BCUT2D eigenvalue weighted by Gasteiger charge is 2.27. The van der Waals surface area contributed by atoms with E-state index in [1.807, 2.05) is 17.5 Å². The van der Waals surface area contributed by atoms with Gasteiger partial charge in [-0.2, -0.15) is 0 Å². The second kappa shape index (κ2) is 3.41. The van der Waals surface area contributed by atoms with Crippen LogP contribution in [0.25, 0.3) is 5.65 Å². The Balaban J connectivity index is 1.91. The fourth-order valence-corrected chi connectivity index (χ4v) is 1.94. The molecule has 2 aromatic rings. The number of aromatic nitrogens is 4. The first kappa shape index (κ1) is 9.53. The van der Waals surface area contributed by atoms with E-state index in [9.17, 15) is 5.11 Å². The van der Waals surface area contributed by atoms with E-state index >= 15 is 0 Å². The van der Waals surface area contributed by atoms with Gasteiger partial charge in [0.25, 0.3) is 0 Å². The number of nitrogens with zero attached hydrogens (tertiary/aromatic N) is 4. The van der Waals surface area contributed by atoms with Crippen LogP contribution >= 0.6 is 0 Å². The number of fused-ring (bicyclic) bond motifs is 1. The molecule has 2 heterocycles. The minimum atomic E-state index is -0.170.